The van der Waals surface area contributed by atoms with Gasteiger partial charge in [0.1, 0.15) is 17.8 Å². The second kappa shape index (κ2) is 8.22. The van der Waals surface area contributed by atoms with Gasteiger partial charge >= 0.3 is 0 Å². The number of anilines is 3. The van der Waals surface area contributed by atoms with Crippen LogP contribution in [0.4, 0.5) is 17.2 Å². The molecule has 1 heterocycles. The number of ether oxygens (including phenoxy) is 2. The van der Waals surface area contributed by atoms with Crippen LogP contribution < -0.4 is 20.5 Å². The lowest BCUT2D eigenvalue weighted by molar-refractivity contribution is 0.234. The zero-order valence-corrected chi connectivity index (χ0v) is 13.9. The largest absolute Gasteiger partial charge is 0.494 e. The van der Waals surface area contributed by atoms with Crippen molar-refractivity contribution < 1.29 is 9.47 Å². The van der Waals surface area contributed by atoms with Crippen molar-refractivity contribution in [3.05, 3.63) is 30.6 Å². The van der Waals surface area contributed by atoms with Gasteiger partial charge in [0.15, 0.2) is 5.82 Å². The number of nitrogens with zero attached hydrogens (tertiary/aromatic N) is 2. The summed E-state index contributed by atoms with van der Waals surface area (Å²) in [6.45, 7) is 6.72. The Morgan fingerprint density at radius 2 is 1.91 bits per heavy atom. The Bertz CT molecular complexity index is 614. The molecule has 0 radical (unpaired) electrons. The number of aromatic nitrogens is 2. The van der Waals surface area contributed by atoms with Crippen LogP contribution in [0.2, 0.25) is 0 Å². The fraction of sp³-hybridized carbons (Fsp3) is 0.412. The first-order chi connectivity index (χ1) is 11.1. The first-order valence-corrected chi connectivity index (χ1v) is 7.87. The molecule has 2 aromatic rings. The van der Waals surface area contributed by atoms with Crippen LogP contribution in [0, 0.1) is 0 Å². The van der Waals surface area contributed by atoms with Crippen molar-refractivity contribution >= 4 is 17.2 Å². The number of nitrogens with two attached hydrogens (primary N) is 1. The zero-order chi connectivity index (χ0) is 16.7. The third-order valence-corrected chi connectivity index (χ3v) is 3.08. The van der Waals surface area contributed by atoms with Crippen LogP contribution >= 0.6 is 0 Å². The van der Waals surface area contributed by atoms with Crippen LogP contribution in [0.15, 0.2) is 30.6 Å². The van der Waals surface area contributed by atoms with Gasteiger partial charge in [-0.25, -0.2) is 4.98 Å². The van der Waals surface area contributed by atoms with E-state index in [0.717, 1.165) is 30.9 Å². The van der Waals surface area contributed by atoms with Crippen LogP contribution in [0.5, 0.6) is 11.6 Å². The molecule has 0 aliphatic carbocycles. The highest BCUT2D eigenvalue weighted by Gasteiger charge is 2.11. The maximum Gasteiger partial charge on any atom is 0.242 e. The average molecular weight is 316 g/mol. The van der Waals surface area contributed by atoms with Gasteiger partial charge in [-0.1, -0.05) is 13.3 Å². The van der Waals surface area contributed by atoms with E-state index in [1.165, 1.54) is 6.33 Å². The number of hydrogen-bond donors (Lipinski definition) is 2. The Kier molecular flexibility index (Phi) is 6.02. The van der Waals surface area contributed by atoms with E-state index in [1.807, 2.05) is 38.1 Å². The van der Waals surface area contributed by atoms with Gasteiger partial charge < -0.3 is 20.5 Å². The van der Waals surface area contributed by atoms with Crippen molar-refractivity contribution in [3.63, 3.8) is 0 Å². The van der Waals surface area contributed by atoms with E-state index in [2.05, 4.69) is 22.2 Å². The molecule has 6 heteroatoms. The summed E-state index contributed by atoms with van der Waals surface area (Å²) >= 11 is 0. The molecule has 0 bridgehead atoms. The number of unbranched alkanes of at least 4 members (excludes halogenated alkanes) is 1. The van der Waals surface area contributed by atoms with Crippen molar-refractivity contribution in [2.45, 2.75) is 39.7 Å². The Morgan fingerprint density at radius 3 is 2.57 bits per heavy atom. The van der Waals surface area contributed by atoms with E-state index in [1.54, 1.807) is 0 Å². The van der Waals surface area contributed by atoms with E-state index in [4.69, 9.17) is 15.2 Å². The number of rotatable bonds is 8. The topological polar surface area (TPSA) is 82.3 Å². The maximum atomic E-state index is 6.05. The first-order valence-electron chi connectivity index (χ1n) is 7.87. The molecule has 0 aliphatic rings. The second-order valence-corrected chi connectivity index (χ2v) is 5.46. The first kappa shape index (κ1) is 16.9. The van der Waals surface area contributed by atoms with Crippen molar-refractivity contribution in [2.24, 2.45) is 0 Å². The highest BCUT2D eigenvalue weighted by molar-refractivity contribution is 5.72. The molecular weight excluding hydrogens is 292 g/mol. The van der Waals surface area contributed by atoms with Gasteiger partial charge in [0.05, 0.1) is 12.7 Å². The standard InChI is InChI=1S/C17H24N4O2/c1-4-5-10-22-14-8-6-13(7-9-14)21-16-15(18)17(20-11-19-16)23-12(2)3/h6-9,11-12H,4-5,10,18H2,1-3H3,(H,19,20,21). The third-order valence-electron chi connectivity index (χ3n) is 3.08. The number of nitrogens with one attached hydrogen (secondary N) is 1. The minimum Gasteiger partial charge on any atom is -0.494 e. The zero-order valence-electron chi connectivity index (χ0n) is 13.9. The number of nitrogen functional groups attached to an aromatic ring is 1. The van der Waals surface area contributed by atoms with Crippen LogP contribution in [-0.4, -0.2) is 22.7 Å². The molecule has 0 amide bonds. The summed E-state index contributed by atoms with van der Waals surface area (Å²) in [5, 5.41) is 3.17. The van der Waals surface area contributed by atoms with Crippen molar-refractivity contribution in [3.8, 4) is 11.6 Å². The van der Waals surface area contributed by atoms with Gasteiger partial charge in [-0.05, 0) is 44.5 Å². The summed E-state index contributed by atoms with van der Waals surface area (Å²) in [5.74, 6) is 1.76. The van der Waals surface area contributed by atoms with Gasteiger partial charge in [0.25, 0.3) is 0 Å². The Hall–Kier alpha value is -2.50. The quantitative estimate of drug-likeness (QED) is 0.721. The van der Waals surface area contributed by atoms with Gasteiger partial charge in [-0.2, -0.15) is 4.98 Å². The molecule has 0 atom stereocenters. The van der Waals surface area contributed by atoms with Crippen LogP contribution in [0.3, 0.4) is 0 Å². The van der Waals surface area contributed by atoms with E-state index >= 15 is 0 Å². The molecule has 0 fully saturated rings. The molecule has 1 aromatic heterocycles. The predicted molar refractivity (Wildman–Crippen MR) is 92.3 cm³/mol. The lowest BCUT2D eigenvalue weighted by Gasteiger charge is -2.14. The fourth-order valence-electron chi connectivity index (χ4n) is 1.90. The predicted octanol–water partition coefficient (Wildman–Crippen LogP) is 3.77. The minimum absolute atomic E-state index is 0.000368. The number of benzene rings is 1. The number of hydrogen-bond acceptors (Lipinski definition) is 6. The molecule has 6 nitrogen and oxygen atoms in total. The fourth-order valence-corrected chi connectivity index (χ4v) is 1.90. The van der Waals surface area contributed by atoms with E-state index in [-0.39, 0.29) is 6.10 Å². The van der Waals surface area contributed by atoms with Crippen LogP contribution in [0.1, 0.15) is 33.6 Å². The molecule has 1 aromatic carbocycles. The molecule has 3 N–H and O–H groups in total. The second-order valence-electron chi connectivity index (χ2n) is 5.46. The molecule has 2 rings (SSSR count). The minimum atomic E-state index is -0.000368. The molecule has 23 heavy (non-hydrogen) atoms. The highest BCUT2D eigenvalue weighted by atomic mass is 16.5. The lowest BCUT2D eigenvalue weighted by atomic mass is 10.3. The molecule has 0 spiro atoms. The maximum absolute atomic E-state index is 6.05. The van der Waals surface area contributed by atoms with E-state index < -0.39 is 0 Å². The smallest absolute Gasteiger partial charge is 0.242 e. The molecule has 0 saturated heterocycles. The van der Waals surface area contributed by atoms with Crippen molar-refractivity contribution in [1.29, 1.82) is 0 Å². The highest BCUT2D eigenvalue weighted by Crippen LogP contribution is 2.28. The molecular formula is C17H24N4O2. The van der Waals surface area contributed by atoms with Gasteiger partial charge in [0.2, 0.25) is 5.88 Å². The van der Waals surface area contributed by atoms with E-state index in [0.29, 0.717) is 17.4 Å². The SMILES string of the molecule is CCCCOc1ccc(Nc2ncnc(OC(C)C)c2N)cc1. The summed E-state index contributed by atoms with van der Waals surface area (Å²) in [4.78, 5) is 8.22. The van der Waals surface area contributed by atoms with Gasteiger partial charge in [-0.3, -0.25) is 0 Å². The van der Waals surface area contributed by atoms with Crippen LogP contribution in [0.25, 0.3) is 0 Å². The Morgan fingerprint density at radius 1 is 1.17 bits per heavy atom. The Labute approximate surface area is 137 Å². The molecule has 0 saturated carbocycles. The normalized spacial score (nSPS) is 10.6. The molecule has 0 aliphatic heterocycles. The molecule has 124 valence electrons. The summed E-state index contributed by atoms with van der Waals surface area (Å²) in [6.07, 6.45) is 3.60. The van der Waals surface area contributed by atoms with E-state index in [9.17, 15) is 0 Å². The summed E-state index contributed by atoms with van der Waals surface area (Å²) in [7, 11) is 0. The average Bonchev–Trinajstić information content (AvgIpc) is 2.53. The summed E-state index contributed by atoms with van der Waals surface area (Å²) in [6, 6.07) is 7.68. The van der Waals surface area contributed by atoms with Crippen molar-refractivity contribution in [1.82, 2.24) is 9.97 Å². The summed E-state index contributed by atoms with van der Waals surface area (Å²) < 4.78 is 11.2. The summed E-state index contributed by atoms with van der Waals surface area (Å²) in [5.41, 5.74) is 7.32. The third kappa shape index (κ3) is 5.02. The molecule has 0 unspecified atom stereocenters. The Balaban J connectivity index is 2.04. The van der Waals surface area contributed by atoms with Crippen LogP contribution in [-0.2, 0) is 0 Å². The van der Waals surface area contributed by atoms with Crippen molar-refractivity contribution in [2.75, 3.05) is 17.7 Å². The lowest BCUT2D eigenvalue weighted by Crippen LogP contribution is -2.10. The van der Waals surface area contributed by atoms with Gasteiger partial charge in [-0.15, -0.1) is 0 Å². The monoisotopic (exact) mass is 316 g/mol. The van der Waals surface area contributed by atoms with Gasteiger partial charge in [0, 0.05) is 5.69 Å².